The highest BCUT2D eigenvalue weighted by molar-refractivity contribution is 7.88. The largest absolute Gasteiger partial charge is 0.490 e. The maximum atomic E-state index is 12.7. The SMILES string of the molecule is CCOCCOc1ccccc1C(=O)NCc1ccccc1CS(=O)(=O)NC(C)C. The zero-order valence-electron chi connectivity index (χ0n) is 17.7. The van der Waals surface area contributed by atoms with Gasteiger partial charge < -0.3 is 14.8 Å². The minimum Gasteiger partial charge on any atom is -0.490 e. The average molecular weight is 435 g/mol. The fourth-order valence-electron chi connectivity index (χ4n) is 2.88. The van der Waals surface area contributed by atoms with Crippen LogP contribution >= 0.6 is 0 Å². The average Bonchev–Trinajstić information content (AvgIpc) is 2.69. The van der Waals surface area contributed by atoms with Gasteiger partial charge in [-0.3, -0.25) is 4.79 Å². The van der Waals surface area contributed by atoms with Gasteiger partial charge in [-0.2, -0.15) is 0 Å². The predicted molar refractivity (Wildman–Crippen MR) is 117 cm³/mol. The number of ether oxygens (including phenoxy) is 2. The molecule has 0 aliphatic carbocycles. The third kappa shape index (κ3) is 7.78. The lowest BCUT2D eigenvalue weighted by molar-refractivity contribution is 0.0934. The second-order valence-corrected chi connectivity index (χ2v) is 8.78. The topological polar surface area (TPSA) is 93.7 Å². The Labute approximate surface area is 178 Å². The number of rotatable bonds is 12. The lowest BCUT2D eigenvalue weighted by atomic mass is 10.1. The molecule has 0 heterocycles. The molecule has 0 saturated carbocycles. The van der Waals surface area contributed by atoms with E-state index in [4.69, 9.17) is 9.47 Å². The van der Waals surface area contributed by atoms with Crippen molar-refractivity contribution in [1.29, 1.82) is 0 Å². The van der Waals surface area contributed by atoms with Gasteiger partial charge in [0.15, 0.2) is 0 Å². The summed E-state index contributed by atoms with van der Waals surface area (Å²) in [6, 6.07) is 14.0. The number of benzene rings is 2. The molecule has 30 heavy (non-hydrogen) atoms. The van der Waals surface area contributed by atoms with E-state index in [2.05, 4.69) is 10.0 Å². The van der Waals surface area contributed by atoms with Gasteiger partial charge in [0.1, 0.15) is 12.4 Å². The number of carbonyl (C=O) groups is 1. The Morgan fingerprint density at radius 3 is 2.37 bits per heavy atom. The summed E-state index contributed by atoms with van der Waals surface area (Å²) in [5.41, 5.74) is 1.81. The van der Waals surface area contributed by atoms with Crippen LogP contribution in [-0.2, 0) is 27.1 Å². The molecule has 7 nitrogen and oxygen atoms in total. The second-order valence-electron chi connectivity index (χ2n) is 7.02. The molecule has 0 aliphatic heterocycles. The third-order valence-electron chi connectivity index (χ3n) is 4.14. The van der Waals surface area contributed by atoms with Crippen molar-refractivity contribution in [2.24, 2.45) is 0 Å². The Balaban J connectivity index is 2.05. The van der Waals surface area contributed by atoms with Crippen LogP contribution in [0.3, 0.4) is 0 Å². The molecule has 2 aromatic carbocycles. The normalized spacial score (nSPS) is 11.5. The molecule has 1 amide bonds. The first-order chi connectivity index (χ1) is 14.3. The molecule has 0 radical (unpaired) electrons. The van der Waals surface area contributed by atoms with Crippen molar-refractivity contribution in [3.63, 3.8) is 0 Å². The van der Waals surface area contributed by atoms with E-state index < -0.39 is 10.0 Å². The van der Waals surface area contributed by atoms with E-state index in [0.29, 0.717) is 36.7 Å². The maximum Gasteiger partial charge on any atom is 0.255 e. The van der Waals surface area contributed by atoms with Crippen LogP contribution in [0.5, 0.6) is 5.75 Å². The van der Waals surface area contributed by atoms with Crippen LogP contribution in [0.1, 0.15) is 42.3 Å². The van der Waals surface area contributed by atoms with E-state index in [-0.39, 0.29) is 24.2 Å². The van der Waals surface area contributed by atoms with E-state index in [9.17, 15) is 13.2 Å². The number of sulfonamides is 1. The van der Waals surface area contributed by atoms with Gasteiger partial charge in [-0.25, -0.2) is 13.1 Å². The van der Waals surface area contributed by atoms with Gasteiger partial charge in [0.05, 0.1) is 17.9 Å². The first-order valence-corrected chi connectivity index (χ1v) is 11.6. The zero-order chi connectivity index (χ0) is 22.0. The van der Waals surface area contributed by atoms with Crippen LogP contribution in [0.2, 0.25) is 0 Å². The van der Waals surface area contributed by atoms with Gasteiger partial charge in [-0.05, 0) is 44.0 Å². The molecule has 0 aliphatic rings. The number of hydrogen-bond acceptors (Lipinski definition) is 5. The number of carbonyl (C=O) groups excluding carboxylic acids is 1. The highest BCUT2D eigenvalue weighted by Gasteiger charge is 2.17. The summed E-state index contributed by atoms with van der Waals surface area (Å²) in [7, 11) is -3.46. The van der Waals surface area contributed by atoms with Crippen LogP contribution < -0.4 is 14.8 Å². The molecule has 0 atom stereocenters. The molecule has 164 valence electrons. The quantitative estimate of drug-likeness (QED) is 0.501. The van der Waals surface area contributed by atoms with Crippen LogP contribution in [-0.4, -0.2) is 40.2 Å². The summed E-state index contributed by atoms with van der Waals surface area (Å²) in [6.45, 7) is 7.06. The van der Waals surface area contributed by atoms with Crippen molar-refractivity contribution in [2.45, 2.75) is 39.1 Å². The molecular formula is C22H30N2O5S. The minimum atomic E-state index is -3.46. The number of amides is 1. The minimum absolute atomic E-state index is 0.144. The summed E-state index contributed by atoms with van der Waals surface area (Å²) in [5, 5.41) is 2.86. The number of para-hydroxylation sites is 1. The second kappa shape index (κ2) is 11.7. The smallest absolute Gasteiger partial charge is 0.255 e. The van der Waals surface area contributed by atoms with Crippen LogP contribution in [0.25, 0.3) is 0 Å². The summed E-state index contributed by atoms with van der Waals surface area (Å²) >= 11 is 0. The van der Waals surface area contributed by atoms with E-state index >= 15 is 0 Å². The Hall–Kier alpha value is -2.42. The Morgan fingerprint density at radius 1 is 1.00 bits per heavy atom. The third-order valence-corrected chi connectivity index (χ3v) is 5.66. The van der Waals surface area contributed by atoms with Crippen molar-refractivity contribution in [3.05, 3.63) is 65.2 Å². The molecule has 2 aromatic rings. The standard InChI is InChI=1S/C22H30N2O5S/c1-4-28-13-14-29-21-12-8-7-11-20(21)22(25)23-15-18-9-5-6-10-19(18)16-30(26,27)24-17(2)3/h5-12,17,24H,4,13-16H2,1-3H3,(H,23,25). The molecular weight excluding hydrogens is 404 g/mol. The van der Waals surface area contributed by atoms with E-state index in [1.807, 2.05) is 19.1 Å². The lowest BCUT2D eigenvalue weighted by Crippen LogP contribution is -2.32. The molecule has 0 bridgehead atoms. The fraction of sp³-hybridized carbons (Fsp3) is 0.409. The van der Waals surface area contributed by atoms with E-state index in [0.717, 1.165) is 5.56 Å². The molecule has 2 rings (SSSR count). The van der Waals surface area contributed by atoms with Gasteiger partial charge in [-0.15, -0.1) is 0 Å². The van der Waals surface area contributed by atoms with Crippen molar-refractivity contribution in [2.75, 3.05) is 19.8 Å². The van der Waals surface area contributed by atoms with Crippen LogP contribution in [0, 0.1) is 0 Å². The van der Waals surface area contributed by atoms with E-state index in [1.54, 1.807) is 50.2 Å². The van der Waals surface area contributed by atoms with Gasteiger partial charge in [0, 0.05) is 19.2 Å². The van der Waals surface area contributed by atoms with Crippen molar-refractivity contribution in [3.8, 4) is 5.75 Å². The fourth-order valence-corrected chi connectivity index (χ4v) is 4.37. The Kier molecular flexibility index (Phi) is 9.29. The molecule has 2 N–H and O–H groups in total. The van der Waals surface area contributed by atoms with Crippen molar-refractivity contribution >= 4 is 15.9 Å². The predicted octanol–water partition coefficient (Wildman–Crippen LogP) is 2.86. The van der Waals surface area contributed by atoms with Gasteiger partial charge in [-0.1, -0.05) is 36.4 Å². The van der Waals surface area contributed by atoms with Gasteiger partial charge in [0.2, 0.25) is 10.0 Å². The molecule has 0 spiro atoms. The van der Waals surface area contributed by atoms with Crippen molar-refractivity contribution in [1.82, 2.24) is 10.0 Å². The summed E-state index contributed by atoms with van der Waals surface area (Å²) < 4.78 is 38.1. The molecule has 8 heteroatoms. The van der Waals surface area contributed by atoms with E-state index in [1.165, 1.54) is 0 Å². The maximum absolute atomic E-state index is 12.7. The van der Waals surface area contributed by atoms with Gasteiger partial charge >= 0.3 is 0 Å². The molecule has 0 saturated heterocycles. The summed E-state index contributed by atoms with van der Waals surface area (Å²) in [5.74, 6) is 0.0422. The molecule has 0 unspecified atom stereocenters. The first-order valence-electron chi connectivity index (χ1n) is 9.97. The van der Waals surface area contributed by atoms with Gasteiger partial charge in [0.25, 0.3) is 5.91 Å². The highest BCUT2D eigenvalue weighted by Crippen LogP contribution is 2.18. The Morgan fingerprint density at radius 2 is 1.67 bits per heavy atom. The van der Waals surface area contributed by atoms with Crippen LogP contribution in [0.4, 0.5) is 0 Å². The zero-order valence-corrected chi connectivity index (χ0v) is 18.5. The summed E-state index contributed by atoms with van der Waals surface area (Å²) in [6.07, 6.45) is 0. The molecule has 0 aromatic heterocycles. The highest BCUT2D eigenvalue weighted by atomic mass is 32.2. The summed E-state index contributed by atoms with van der Waals surface area (Å²) in [4.78, 5) is 12.7. The monoisotopic (exact) mass is 434 g/mol. The number of nitrogens with one attached hydrogen (secondary N) is 2. The first kappa shape index (κ1) is 23.9. The number of hydrogen-bond donors (Lipinski definition) is 2. The van der Waals surface area contributed by atoms with Crippen LogP contribution in [0.15, 0.2) is 48.5 Å². The van der Waals surface area contributed by atoms with Crippen molar-refractivity contribution < 1.29 is 22.7 Å². The lowest BCUT2D eigenvalue weighted by Gasteiger charge is -2.14. The Bertz CT molecular complexity index is 929. The molecule has 0 fully saturated rings.